The summed E-state index contributed by atoms with van der Waals surface area (Å²) < 4.78 is 3.43. The van der Waals surface area contributed by atoms with E-state index in [-0.39, 0.29) is 24.4 Å². The van der Waals surface area contributed by atoms with E-state index >= 15 is 0 Å². The second-order valence-electron chi connectivity index (χ2n) is 15.1. The molecule has 4 heterocycles. The number of rotatable bonds is 15. The molecule has 47 heavy (non-hydrogen) atoms. The number of carbonyl (C=O) groups is 3. The molecule has 1 aromatic heterocycles. The van der Waals surface area contributed by atoms with Crippen LogP contribution in [0, 0.1) is 11.3 Å². The number of aromatic nitrogens is 2. The van der Waals surface area contributed by atoms with Crippen LogP contribution in [0.3, 0.4) is 0 Å². The van der Waals surface area contributed by atoms with Crippen LogP contribution < -0.4 is 11.0 Å². The third-order valence-electron chi connectivity index (χ3n) is 11.6. The summed E-state index contributed by atoms with van der Waals surface area (Å²) in [6, 6.07) is 5.55. The van der Waals surface area contributed by atoms with Crippen molar-refractivity contribution < 1.29 is 19.5 Å². The van der Waals surface area contributed by atoms with E-state index in [0.29, 0.717) is 24.8 Å². The molecule has 1 spiro atoms. The molecular formula is C37H55N5O5. The number of carbonyl (C=O) groups excluding carboxylic acids is 2. The van der Waals surface area contributed by atoms with Gasteiger partial charge in [-0.3, -0.25) is 28.8 Å². The van der Waals surface area contributed by atoms with Gasteiger partial charge in [0.25, 0.3) is 0 Å². The molecule has 1 unspecified atom stereocenters. The van der Waals surface area contributed by atoms with Crippen molar-refractivity contribution in [3.05, 3.63) is 34.2 Å². The number of aryl methyl sites for hydroxylation is 1. The van der Waals surface area contributed by atoms with Crippen molar-refractivity contribution in [2.75, 3.05) is 39.3 Å². The second kappa shape index (κ2) is 15.5. The molecular weight excluding hydrogens is 594 g/mol. The van der Waals surface area contributed by atoms with E-state index in [0.717, 1.165) is 62.0 Å². The summed E-state index contributed by atoms with van der Waals surface area (Å²) in [4.78, 5) is 54.5. The van der Waals surface area contributed by atoms with Gasteiger partial charge in [0.05, 0.1) is 11.0 Å². The van der Waals surface area contributed by atoms with Crippen LogP contribution in [0.1, 0.15) is 114 Å². The van der Waals surface area contributed by atoms with E-state index in [1.165, 1.54) is 83.2 Å². The maximum Gasteiger partial charge on any atom is 0.329 e. The number of imide groups is 1. The molecule has 4 aliphatic rings. The number of benzene rings is 1. The molecule has 0 radical (unpaired) electrons. The highest BCUT2D eigenvalue weighted by Gasteiger charge is 2.44. The lowest BCUT2D eigenvalue weighted by Gasteiger charge is -2.54. The third kappa shape index (κ3) is 8.37. The number of hydrogen-bond acceptors (Lipinski definition) is 6. The zero-order valence-electron chi connectivity index (χ0n) is 28.2. The van der Waals surface area contributed by atoms with Crippen molar-refractivity contribution in [1.82, 2.24) is 24.3 Å². The normalized spacial score (nSPS) is 22.5. The summed E-state index contributed by atoms with van der Waals surface area (Å²) in [7, 11) is 0. The molecule has 1 saturated carbocycles. The number of unbranched alkanes of at least 4 members (excludes halogenated alkanes) is 5. The van der Waals surface area contributed by atoms with Gasteiger partial charge in [0.15, 0.2) is 0 Å². The molecule has 4 fully saturated rings. The van der Waals surface area contributed by atoms with Crippen LogP contribution in [0.25, 0.3) is 11.0 Å². The average Bonchev–Trinajstić information content (AvgIpc) is 3.31. The van der Waals surface area contributed by atoms with Gasteiger partial charge < -0.3 is 14.9 Å². The molecule has 3 saturated heterocycles. The minimum atomic E-state index is -0.745. The van der Waals surface area contributed by atoms with Gasteiger partial charge in [-0.25, -0.2) is 4.79 Å². The van der Waals surface area contributed by atoms with E-state index in [9.17, 15) is 19.2 Å². The monoisotopic (exact) mass is 649 g/mol. The number of fused-ring (bicyclic) bond motifs is 1. The molecule has 1 atom stereocenters. The Morgan fingerprint density at radius 3 is 2.30 bits per heavy atom. The Hall–Kier alpha value is -2.98. The topological polar surface area (TPSA) is 117 Å². The van der Waals surface area contributed by atoms with E-state index < -0.39 is 17.9 Å². The number of carboxylic acid groups (broad SMARTS) is 1. The molecule has 10 heteroatoms. The summed E-state index contributed by atoms with van der Waals surface area (Å²) in [5, 5.41) is 11.3. The zero-order chi connectivity index (χ0) is 32.8. The average molecular weight is 650 g/mol. The summed E-state index contributed by atoms with van der Waals surface area (Å²) in [5.74, 6) is -0.511. The number of imidazole rings is 1. The standard InChI is InChI=1S/C37H55N5O5/c43-33-16-15-31(35(46)38-33)42-30-14-13-28(24-32(30)41(36(42)47)20-9-4-2-1-3-8-12-34(44)45)17-21-40-26-37(27-40)18-22-39(23-19-37)25-29-10-6-5-7-11-29/h13-14,24,29,31H,1-12,15-23,25-27H2,(H,44,45)(H,38,43,46). The number of hydrogen-bond donors (Lipinski definition) is 2. The van der Waals surface area contributed by atoms with Gasteiger partial charge in [-0.15, -0.1) is 0 Å². The first-order valence-electron chi connectivity index (χ1n) is 18.5. The smallest absolute Gasteiger partial charge is 0.329 e. The first-order chi connectivity index (χ1) is 22.8. The first-order valence-corrected chi connectivity index (χ1v) is 18.5. The van der Waals surface area contributed by atoms with Crippen molar-refractivity contribution in [1.29, 1.82) is 0 Å². The number of nitrogens with one attached hydrogen (secondary N) is 1. The fourth-order valence-corrected chi connectivity index (χ4v) is 8.79. The summed E-state index contributed by atoms with van der Waals surface area (Å²) >= 11 is 0. The van der Waals surface area contributed by atoms with E-state index in [4.69, 9.17) is 5.11 Å². The molecule has 3 aliphatic heterocycles. The molecule has 1 aromatic carbocycles. The second-order valence-corrected chi connectivity index (χ2v) is 15.1. The lowest BCUT2D eigenvalue weighted by molar-refractivity contribution is -0.137. The van der Waals surface area contributed by atoms with Gasteiger partial charge >= 0.3 is 11.7 Å². The summed E-state index contributed by atoms with van der Waals surface area (Å²) in [6.45, 7) is 7.80. The van der Waals surface area contributed by atoms with Crippen LogP contribution in [0.4, 0.5) is 0 Å². The van der Waals surface area contributed by atoms with Gasteiger partial charge in [0.2, 0.25) is 11.8 Å². The maximum absolute atomic E-state index is 13.8. The van der Waals surface area contributed by atoms with E-state index in [2.05, 4.69) is 27.2 Å². The third-order valence-corrected chi connectivity index (χ3v) is 11.6. The SMILES string of the molecule is O=C(O)CCCCCCCCn1c(=O)n(C2CCC(=O)NC2=O)c2ccc(CCN3CC4(CCN(CC5CCCCC5)CC4)C3)cc21. The number of amides is 2. The minimum Gasteiger partial charge on any atom is -0.481 e. The lowest BCUT2D eigenvalue weighted by Crippen LogP contribution is -2.60. The van der Waals surface area contributed by atoms with Crippen LogP contribution in [-0.4, -0.2) is 81.1 Å². The van der Waals surface area contributed by atoms with Gasteiger partial charge in [0, 0.05) is 45.6 Å². The Balaban J connectivity index is 1.05. The molecule has 6 rings (SSSR count). The van der Waals surface area contributed by atoms with Crippen molar-refractivity contribution in [2.45, 2.75) is 122 Å². The first kappa shape index (κ1) is 33.9. The maximum atomic E-state index is 13.8. The highest BCUT2D eigenvalue weighted by atomic mass is 16.4. The van der Waals surface area contributed by atoms with Crippen molar-refractivity contribution in [3.8, 4) is 0 Å². The lowest BCUT2D eigenvalue weighted by atomic mass is 9.71. The van der Waals surface area contributed by atoms with Gasteiger partial charge in [-0.1, -0.05) is 51.0 Å². The Labute approximate surface area is 278 Å². The highest BCUT2D eigenvalue weighted by molar-refractivity contribution is 6.00. The van der Waals surface area contributed by atoms with Crippen LogP contribution in [0.2, 0.25) is 0 Å². The number of piperidine rings is 2. The summed E-state index contributed by atoms with van der Waals surface area (Å²) in [6.07, 6.45) is 16.9. The molecule has 0 bridgehead atoms. The molecule has 2 amide bonds. The van der Waals surface area contributed by atoms with Gasteiger partial charge in [-0.2, -0.15) is 0 Å². The van der Waals surface area contributed by atoms with Crippen LogP contribution in [0.5, 0.6) is 0 Å². The Morgan fingerprint density at radius 2 is 1.57 bits per heavy atom. The van der Waals surface area contributed by atoms with Crippen molar-refractivity contribution >= 4 is 28.8 Å². The molecule has 2 N–H and O–H groups in total. The Kier molecular flexibility index (Phi) is 11.2. The van der Waals surface area contributed by atoms with E-state index in [1.54, 1.807) is 4.57 Å². The number of carboxylic acids is 1. The van der Waals surface area contributed by atoms with Gasteiger partial charge in [0.1, 0.15) is 6.04 Å². The minimum absolute atomic E-state index is 0.187. The predicted molar refractivity (Wildman–Crippen MR) is 182 cm³/mol. The number of nitrogens with zero attached hydrogens (tertiary/aromatic N) is 4. The molecule has 258 valence electrons. The van der Waals surface area contributed by atoms with Crippen LogP contribution in [-0.2, 0) is 27.3 Å². The van der Waals surface area contributed by atoms with Crippen molar-refractivity contribution in [3.63, 3.8) is 0 Å². The van der Waals surface area contributed by atoms with Gasteiger partial charge in [-0.05, 0) is 93.5 Å². The molecule has 10 nitrogen and oxygen atoms in total. The quantitative estimate of drug-likeness (QED) is 0.203. The number of aliphatic carboxylic acids is 1. The summed E-state index contributed by atoms with van der Waals surface area (Å²) in [5.41, 5.74) is 3.14. The largest absolute Gasteiger partial charge is 0.481 e. The zero-order valence-corrected chi connectivity index (χ0v) is 28.2. The predicted octanol–water partition coefficient (Wildman–Crippen LogP) is 5.12. The Morgan fingerprint density at radius 1 is 0.851 bits per heavy atom. The van der Waals surface area contributed by atoms with E-state index in [1.807, 2.05) is 10.6 Å². The fourth-order valence-electron chi connectivity index (χ4n) is 8.79. The highest BCUT2D eigenvalue weighted by Crippen LogP contribution is 2.41. The van der Waals surface area contributed by atoms with Crippen LogP contribution >= 0.6 is 0 Å². The fraction of sp³-hybridized carbons (Fsp3) is 0.730. The number of likely N-dealkylation sites (tertiary alicyclic amines) is 2. The molecule has 1 aliphatic carbocycles. The Bertz CT molecular complexity index is 1460. The van der Waals surface area contributed by atoms with Crippen LogP contribution in [0.15, 0.2) is 23.0 Å². The molecule has 2 aromatic rings. The van der Waals surface area contributed by atoms with Crippen molar-refractivity contribution in [2.24, 2.45) is 11.3 Å².